The Bertz CT molecular complexity index is 168. The molecule has 1 heterocycles. The highest BCUT2D eigenvalue weighted by molar-refractivity contribution is 6.27. The molecule has 1 aliphatic heterocycles. The van der Waals surface area contributed by atoms with E-state index in [0.29, 0.717) is 0 Å². The molecule has 0 radical (unpaired) electrons. The van der Waals surface area contributed by atoms with Crippen molar-refractivity contribution in [2.45, 2.75) is 19.3 Å². The number of aliphatic carboxylic acids is 2. The van der Waals surface area contributed by atoms with E-state index in [-0.39, 0.29) is 0 Å². The fourth-order valence-electron chi connectivity index (χ4n) is 0.621. The van der Waals surface area contributed by atoms with Gasteiger partial charge >= 0.3 is 11.9 Å². The van der Waals surface area contributed by atoms with E-state index in [1.807, 2.05) is 6.21 Å². The van der Waals surface area contributed by atoms with E-state index >= 15 is 0 Å². The SMILES string of the molecule is C1=NCCCC1.O=C(O)C(=O)O. The number of carboxylic acid groups (broad SMARTS) is 2. The Morgan fingerprint density at radius 2 is 1.75 bits per heavy atom. The van der Waals surface area contributed by atoms with E-state index in [4.69, 9.17) is 19.8 Å². The first-order valence-corrected chi connectivity index (χ1v) is 3.59. The molecule has 5 nitrogen and oxygen atoms in total. The number of hydrogen-bond donors (Lipinski definition) is 2. The highest BCUT2D eigenvalue weighted by Gasteiger charge is 2.04. The minimum atomic E-state index is -1.82. The molecule has 0 saturated heterocycles. The number of carbonyl (C=O) groups is 2. The van der Waals surface area contributed by atoms with Crippen LogP contribution in [0.1, 0.15) is 19.3 Å². The van der Waals surface area contributed by atoms with Crippen molar-refractivity contribution < 1.29 is 19.8 Å². The molecule has 0 fully saturated rings. The third-order valence-electron chi connectivity index (χ3n) is 1.18. The maximum atomic E-state index is 9.10. The average Bonchev–Trinajstić information content (AvgIpc) is 2.08. The molecule has 0 unspecified atom stereocenters. The minimum Gasteiger partial charge on any atom is -0.473 e. The predicted molar refractivity (Wildman–Crippen MR) is 42.5 cm³/mol. The Morgan fingerprint density at radius 3 is 1.83 bits per heavy atom. The largest absolute Gasteiger partial charge is 0.473 e. The van der Waals surface area contributed by atoms with Gasteiger partial charge in [0, 0.05) is 6.54 Å². The van der Waals surface area contributed by atoms with Crippen molar-refractivity contribution >= 4 is 18.2 Å². The lowest BCUT2D eigenvalue weighted by Gasteiger charge is -1.97. The van der Waals surface area contributed by atoms with Crippen LogP contribution in [-0.2, 0) is 9.59 Å². The number of carboxylic acids is 2. The standard InChI is InChI=1S/C5H9N.C2H2O4/c1-2-4-6-5-3-1;3-1(4)2(5)6/h4H,1-3,5H2;(H,3,4)(H,5,6). The molecule has 1 rings (SSSR count). The number of hydrogen-bond acceptors (Lipinski definition) is 3. The molecule has 0 saturated carbocycles. The van der Waals surface area contributed by atoms with E-state index in [9.17, 15) is 0 Å². The molecule has 0 amide bonds. The number of aliphatic imine (C=N–C) groups is 1. The first-order chi connectivity index (χ1) is 5.64. The topological polar surface area (TPSA) is 87.0 Å². The predicted octanol–water partition coefficient (Wildman–Crippen LogP) is 0.397. The second kappa shape index (κ2) is 6.33. The van der Waals surface area contributed by atoms with Crippen molar-refractivity contribution in [1.82, 2.24) is 0 Å². The molecule has 2 N–H and O–H groups in total. The molecule has 0 spiro atoms. The lowest BCUT2D eigenvalue weighted by molar-refractivity contribution is -0.159. The zero-order valence-electron chi connectivity index (χ0n) is 6.56. The Kier molecular flexibility index (Phi) is 5.60. The van der Waals surface area contributed by atoms with Crippen molar-refractivity contribution in [1.29, 1.82) is 0 Å². The highest BCUT2D eigenvalue weighted by Crippen LogP contribution is 1.97. The van der Waals surface area contributed by atoms with Gasteiger partial charge in [-0.05, 0) is 25.5 Å². The summed E-state index contributed by atoms with van der Waals surface area (Å²) in [7, 11) is 0. The molecule has 0 aromatic carbocycles. The Morgan fingerprint density at radius 1 is 1.17 bits per heavy atom. The van der Waals surface area contributed by atoms with Crippen molar-refractivity contribution in [3.63, 3.8) is 0 Å². The van der Waals surface area contributed by atoms with Crippen LogP contribution in [-0.4, -0.2) is 34.9 Å². The van der Waals surface area contributed by atoms with Crippen LogP contribution in [0.25, 0.3) is 0 Å². The van der Waals surface area contributed by atoms with Gasteiger partial charge in [-0.1, -0.05) is 0 Å². The van der Waals surface area contributed by atoms with Gasteiger partial charge in [-0.3, -0.25) is 4.99 Å². The van der Waals surface area contributed by atoms with Crippen LogP contribution >= 0.6 is 0 Å². The highest BCUT2D eigenvalue weighted by atomic mass is 16.4. The van der Waals surface area contributed by atoms with Gasteiger partial charge in [-0.15, -0.1) is 0 Å². The second-order valence-corrected chi connectivity index (χ2v) is 2.19. The normalized spacial score (nSPS) is 14.3. The van der Waals surface area contributed by atoms with Crippen LogP contribution < -0.4 is 0 Å². The molecule has 0 aliphatic carbocycles. The van der Waals surface area contributed by atoms with Crippen LogP contribution in [0, 0.1) is 0 Å². The van der Waals surface area contributed by atoms with Gasteiger partial charge < -0.3 is 10.2 Å². The molecule has 0 bridgehead atoms. The molecule has 0 aromatic heterocycles. The van der Waals surface area contributed by atoms with Crippen LogP contribution in [0.3, 0.4) is 0 Å². The van der Waals surface area contributed by atoms with Gasteiger partial charge in [0.25, 0.3) is 0 Å². The van der Waals surface area contributed by atoms with Gasteiger partial charge in [-0.2, -0.15) is 0 Å². The first kappa shape index (κ1) is 10.6. The zero-order valence-corrected chi connectivity index (χ0v) is 6.56. The van der Waals surface area contributed by atoms with E-state index in [2.05, 4.69) is 4.99 Å². The molecular formula is C7H11NO4. The fraction of sp³-hybridized carbons (Fsp3) is 0.571. The Labute approximate surface area is 69.7 Å². The fourth-order valence-corrected chi connectivity index (χ4v) is 0.621. The smallest absolute Gasteiger partial charge is 0.414 e. The lowest BCUT2D eigenvalue weighted by Crippen LogP contribution is -2.09. The molecule has 0 atom stereocenters. The molecule has 1 aliphatic rings. The Balaban J connectivity index is 0.000000202. The quantitative estimate of drug-likeness (QED) is 0.519. The molecular weight excluding hydrogens is 162 g/mol. The van der Waals surface area contributed by atoms with Crippen molar-refractivity contribution in [2.24, 2.45) is 4.99 Å². The first-order valence-electron chi connectivity index (χ1n) is 3.59. The van der Waals surface area contributed by atoms with Gasteiger partial charge in [0.15, 0.2) is 0 Å². The monoisotopic (exact) mass is 173 g/mol. The van der Waals surface area contributed by atoms with Gasteiger partial charge in [-0.25, -0.2) is 9.59 Å². The third kappa shape index (κ3) is 6.73. The number of nitrogens with zero attached hydrogens (tertiary/aromatic N) is 1. The second-order valence-electron chi connectivity index (χ2n) is 2.19. The van der Waals surface area contributed by atoms with Crippen molar-refractivity contribution in [2.75, 3.05) is 6.54 Å². The van der Waals surface area contributed by atoms with Gasteiger partial charge in [0.1, 0.15) is 0 Å². The van der Waals surface area contributed by atoms with E-state index in [0.717, 1.165) is 6.54 Å². The average molecular weight is 173 g/mol. The maximum Gasteiger partial charge on any atom is 0.414 e. The summed E-state index contributed by atoms with van der Waals surface area (Å²) in [6.07, 6.45) is 5.88. The summed E-state index contributed by atoms with van der Waals surface area (Å²) in [5, 5.41) is 14.8. The maximum absolute atomic E-state index is 9.10. The van der Waals surface area contributed by atoms with Gasteiger partial charge in [0.05, 0.1) is 0 Å². The molecule has 0 aromatic rings. The Hall–Kier alpha value is -1.39. The summed E-state index contributed by atoms with van der Waals surface area (Å²) >= 11 is 0. The van der Waals surface area contributed by atoms with E-state index in [1.54, 1.807) is 0 Å². The van der Waals surface area contributed by atoms with Crippen molar-refractivity contribution in [3.05, 3.63) is 0 Å². The van der Waals surface area contributed by atoms with Crippen molar-refractivity contribution in [3.8, 4) is 0 Å². The molecule has 68 valence electrons. The van der Waals surface area contributed by atoms with E-state index < -0.39 is 11.9 Å². The third-order valence-corrected chi connectivity index (χ3v) is 1.18. The number of rotatable bonds is 0. The van der Waals surface area contributed by atoms with Crippen LogP contribution in [0.4, 0.5) is 0 Å². The van der Waals surface area contributed by atoms with Crippen LogP contribution in [0.2, 0.25) is 0 Å². The molecule has 12 heavy (non-hydrogen) atoms. The summed E-state index contributed by atoms with van der Waals surface area (Å²) in [5.74, 6) is -3.65. The molecule has 5 heteroatoms. The van der Waals surface area contributed by atoms with Gasteiger partial charge in [0.2, 0.25) is 0 Å². The van der Waals surface area contributed by atoms with Crippen LogP contribution in [0.5, 0.6) is 0 Å². The van der Waals surface area contributed by atoms with Crippen LogP contribution in [0.15, 0.2) is 4.99 Å². The summed E-state index contributed by atoms with van der Waals surface area (Å²) in [5.41, 5.74) is 0. The van der Waals surface area contributed by atoms with E-state index in [1.165, 1.54) is 19.3 Å². The summed E-state index contributed by atoms with van der Waals surface area (Å²) < 4.78 is 0. The lowest BCUT2D eigenvalue weighted by atomic mass is 10.2. The summed E-state index contributed by atoms with van der Waals surface area (Å²) in [6.45, 7) is 1.07. The summed E-state index contributed by atoms with van der Waals surface area (Å²) in [6, 6.07) is 0. The summed E-state index contributed by atoms with van der Waals surface area (Å²) in [4.78, 5) is 22.3. The minimum absolute atomic E-state index is 1.07. The zero-order chi connectivity index (χ0) is 9.40.